The van der Waals surface area contributed by atoms with Crippen molar-refractivity contribution in [1.29, 1.82) is 0 Å². The van der Waals surface area contributed by atoms with Gasteiger partial charge in [0.1, 0.15) is 11.6 Å². The topological polar surface area (TPSA) is 64.6 Å². The first kappa shape index (κ1) is 18.7. The molecule has 0 aromatic heterocycles. The van der Waals surface area contributed by atoms with E-state index in [1.165, 1.54) is 24.3 Å². The fraction of sp³-hybridized carbons (Fsp3) is 0.111. The van der Waals surface area contributed by atoms with Gasteiger partial charge in [-0.15, -0.1) is 0 Å². The summed E-state index contributed by atoms with van der Waals surface area (Å²) in [6.45, 7) is -0.517. The van der Waals surface area contributed by atoms with Crippen LogP contribution in [0.15, 0.2) is 53.0 Å². The lowest BCUT2D eigenvalue weighted by Gasteiger charge is -2.06. The van der Waals surface area contributed by atoms with Crippen LogP contribution in [-0.2, 0) is 14.3 Å². The van der Waals surface area contributed by atoms with E-state index in [0.717, 1.165) is 5.56 Å². The largest absolute Gasteiger partial charge is 0.497 e. The molecule has 25 heavy (non-hydrogen) atoms. The molecular formula is C18H15BrFNO4. The first-order valence-electron chi connectivity index (χ1n) is 7.22. The van der Waals surface area contributed by atoms with Gasteiger partial charge in [-0.25, -0.2) is 9.18 Å². The lowest BCUT2D eigenvalue weighted by atomic mass is 10.2. The second-order valence-corrected chi connectivity index (χ2v) is 5.81. The number of hydrogen-bond donors (Lipinski definition) is 1. The van der Waals surface area contributed by atoms with Gasteiger partial charge in [-0.1, -0.05) is 28.1 Å². The molecular weight excluding hydrogens is 393 g/mol. The highest BCUT2D eigenvalue weighted by molar-refractivity contribution is 9.10. The number of ether oxygens (including phenoxy) is 2. The molecule has 7 heteroatoms. The van der Waals surface area contributed by atoms with Crippen molar-refractivity contribution in [3.05, 3.63) is 64.4 Å². The van der Waals surface area contributed by atoms with Gasteiger partial charge < -0.3 is 14.8 Å². The molecule has 130 valence electrons. The number of rotatable bonds is 6. The Morgan fingerprint density at radius 2 is 2.04 bits per heavy atom. The summed E-state index contributed by atoms with van der Waals surface area (Å²) in [6, 6.07) is 11.3. The number of esters is 1. The average Bonchev–Trinajstić information content (AvgIpc) is 2.60. The maximum atomic E-state index is 13.6. The van der Waals surface area contributed by atoms with E-state index in [1.54, 1.807) is 37.4 Å². The SMILES string of the molecule is COc1cccc(C=CC(=O)OCC(=O)Nc2ccc(Br)cc2F)c1. The van der Waals surface area contributed by atoms with Gasteiger partial charge in [0.25, 0.3) is 5.91 Å². The Bertz CT molecular complexity index is 807. The standard InChI is InChI=1S/C18H15BrFNO4/c1-24-14-4-2-3-12(9-14)5-8-18(23)25-11-17(22)21-16-7-6-13(19)10-15(16)20/h2-10H,11H2,1H3,(H,21,22). The van der Waals surface area contributed by atoms with Crippen molar-refractivity contribution < 1.29 is 23.5 Å². The van der Waals surface area contributed by atoms with Crippen molar-refractivity contribution in [1.82, 2.24) is 0 Å². The molecule has 1 amide bonds. The van der Waals surface area contributed by atoms with Crippen molar-refractivity contribution in [2.45, 2.75) is 0 Å². The highest BCUT2D eigenvalue weighted by Gasteiger charge is 2.09. The van der Waals surface area contributed by atoms with Crippen LogP contribution < -0.4 is 10.1 Å². The number of carbonyl (C=O) groups excluding carboxylic acids is 2. The summed E-state index contributed by atoms with van der Waals surface area (Å²) in [4.78, 5) is 23.3. The Morgan fingerprint density at radius 1 is 1.24 bits per heavy atom. The summed E-state index contributed by atoms with van der Waals surface area (Å²) in [6.07, 6.45) is 2.74. The van der Waals surface area contributed by atoms with E-state index in [4.69, 9.17) is 9.47 Å². The third-order valence-corrected chi connectivity index (χ3v) is 3.55. The average molecular weight is 408 g/mol. The first-order valence-corrected chi connectivity index (χ1v) is 8.01. The minimum atomic E-state index is -0.686. The lowest BCUT2D eigenvalue weighted by Crippen LogP contribution is -2.20. The molecule has 5 nitrogen and oxygen atoms in total. The zero-order valence-corrected chi connectivity index (χ0v) is 14.9. The first-order chi connectivity index (χ1) is 12.0. The van der Waals surface area contributed by atoms with Crippen LogP contribution in [0.25, 0.3) is 6.08 Å². The van der Waals surface area contributed by atoms with Crippen molar-refractivity contribution in [3.63, 3.8) is 0 Å². The molecule has 0 heterocycles. The van der Waals surface area contributed by atoms with Gasteiger partial charge in [-0.05, 0) is 42.0 Å². The molecule has 1 N–H and O–H groups in total. The maximum Gasteiger partial charge on any atom is 0.331 e. The summed E-state index contributed by atoms with van der Waals surface area (Å²) in [7, 11) is 1.55. The molecule has 0 aliphatic rings. The molecule has 0 saturated heterocycles. The summed E-state index contributed by atoms with van der Waals surface area (Å²) in [5.74, 6) is -1.25. The van der Waals surface area contributed by atoms with Crippen LogP contribution in [0.5, 0.6) is 5.75 Å². The van der Waals surface area contributed by atoms with E-state index >= 15 is 0 Å². The number of benzene rings is 2. The second kappa shape index (κ2) is 8.98. The Morgan fingerprint density at radius 3 is 2.76 bits per heavy atom. The van der Waals surface area contributed by atoms with E-state index < -0.39 is 24.3 Å². The fourth-order valence-corrected chi connectivity index (χ4v) is 2.20. The summed E-state index contributed by atoms with van der Waals surface area (Å²) in [5, 5.41) is 2.33. The molecule has 0 aliphatic carbocycles. The molecule has 0 spiro atoms. The number of halogens is 2. The molecule has 0 radical (unpaired) electrons. The summed E-state index contributed by atoms with van der Waals surface area (Å²) < 4.78 is 24.1. The maximum absolute atomic E-state index is 13.6. The lowest BCUT2D eigenvalue weighted by molar-refractivity contribution is -0.142. The van der Waals surface area contributed by atoms with Gasteiger partial charge in [0, 0.05) is 10.5 Å². The molecule has 2 rings (SSSR count). The molecule has 0 unspecified atom stereocenters. The van der Waals surface area contributed by atoms with Gasteiger partial charge in [-0.3, -0.25) is 4.79 Å². The van der Waals surface area contributed by atoms with Crippen molar-refractivity contribution in [2.75, 3.05) is 19.0 Å². The zero-order valence-electron chi connectivity index (χ0n) is 13.3. The molecule has 0 saturated carbocycles. The van der Waals surface area contributed by atoms with Gasteiger partial charge in [0.15, 0.2) is 6.61 Å². The van der Waals surface area contributed by atoms with E-state index in [1.807, 2.05) is 0 Å². The quantitative estimate of drug-likeness (QED) is 0.584. The van der Waals surface area contributed by atoms with Crippen molar-refractivity contribution >= 4 is 39.6 Å². The Labute approximate surface area is 152 Å². The number of anilines is 1. The normalized spacial score (nSPS) is 10.5. The van der Waals surface area contributed by atoms with Crippen LogP contribution in [0.4, 0.5) is 10.1 Å². The molecule has 0 atom stereocenters. The minimum Gasteiger partial charge on any atom is -0.497 e. The van der Waals surface area contributed by atoms with Crippen LogP contribution in [0.2, 0.25) is 0 Å². The molecule has 0 aliphatic heterocycles. The Kier molecular flexibility index (Phi) is 6.71. The summed E-state index contributed by atoms with van der Waals surface area (Å²) >= 11 is 3.12. The molecule has 2 aromatic rings. The monoisotopic (exact) mass is 407 g/mol. The van der Waals surface area contributed by atoms with Crippen LogP contribution in [0.1, 0.15) is 5.56 Å². The predicted octanol–water partition coefficient (Wildman–Crippen LogP) is 3.79. The molecule has 0 bridgehead atoms. The van der Waals surface area contributed by atoms with Gasteiger partial charge in [-0.2, -0.15) is 0 Å². The van der Waals surface area contributed by atoms with E-state index in [-0.39, 0.29) is 5.69 Å². The Balaban J connectivity index is 1.84. The number of nitrogens with one attached hydrogen (secondary N) is 1. The van der Waals surface area contributed by atoms with Crippen molar-refractivity contribution in [2.24, 2.45) is 0 Å². The molecule has 0 fully saturated rings. The van der Waals surface area contributed by atoms with E-state index in [2.05, 4.69) is 21.2 Å². The third kappa shape index (κ3) is 6.04. The van der Waals surface area contributed by atoms with Crippen LogP contribution >= 0.6 is 15.9 Å². The number of hydrogen-bond acceptors (Lipinski definition) is 4. The highest BCUT2D eigenvalue weighted by Crippen LogP contribution is 2.19. The number of carbonyl (C=O) groups is 2. The smallest absolute Gasteiger partial charge is 0.331 e. The number of amides is 1. The number of methoxy groups -OCH3 is 1. The van der Waals surface area contributed by atoms with Gasteiger partial charge >= 0.3 is 5.97 Å². The summed E-state index contributed by atoms with van der Waals surface area (Å²) in [5.41, 5.74) is 0.758. The fourth-order valence-electron chi connectivity index (χ4n) is 1.87. The Hall–Kier alpha value is -2.67. The zero-order chi connectivity index (χ0) is 18.2. The predicted molar refractivity (Wildman–Crippen MR) is 95.7 cm³/mol. The second-order valence-electron chi connectivity index (χ2n) is 4.89. The van der Waals surface area contributed by atoms with Gasteiger partial charge in [0.2, 0.25) is 0 Å². The van der Waals surface area contributed by atoms with Crippen LogP contribution in [0.3, 0.4) is 0 Å². The van der Waals surface area contributed by atoms with Gasteiger partial charge in [0.05, 0.1) is 12.8 Å². The van der Waals surface area contributed by atoms with E-state index in [9.17, 15) is 14.0 Å². The van der Waals surface area contributed by atoms with E-state index in [0.29, 0.717) is 10.2 Å². The van der Waals surface area contributed by atoms with Crippen molar-refractivity contribution in [3.8, 4) is 5.75 Å². The minimum absolute atomic E-state index is 0.0103. The van der Waals surface area contributed by atoms with Crippen LogP contribution in [-0.4, -0.2) is 25.6 Å². The highest BCUT2D eigenvalue weighted by atomic mass is 79.9. The van der Waals surface area contributed by atoms with Crippen LogP contribution in [0, 0.1) is 5.82 Å². The third-order valence-electron chi connectivity index (χ3n) is 3.06. The molecule has 2 aromatic carbocycles.